The Morgan fingerprint density at radius 2 is 1.76 bits per heavy atom. The summed E-state index contributed by atoms with van der Waals surface area (Å²) in [6, 6.07) is 7.25. The Bertz CT molecular complexity index is 522. The number of carbonyl (C=O) groups is 1. The van der Waals surface area contributed by atoms with Gasteiger partial charge in [-0.3, -0.25) is 10.1 Å². The topological polar surface area (TPSA) is 54.9 Å². The van der Waals surface area contributed by atoms with Crippen molar-refractivity contribution in [3.8, 4) is 0 Å². The highest BCUT2D eigenvalue weighted by Crippen LogP contribution is 2.08. The van der Waals surface area contributed by atoms with Gasteiger partial charge in [-0.1, -0.05) is 29.3 Å². The van der Waals surface area contributed by atoms with Crippen molar-refractivity contribution < 1.29 is 4.79 Å². The number of hydrogen-bond acceptors (Lipinski definition) is 3. The molecule has 1 N–H and O–H groups in total. The van der Waals surface area contributed by atoms with E-state index in [2.05, 4.69) is 15.3 Å². The van der Waals surface area contributed by atoms with Gasteiger partial charge in [0.1, 0.15) is 0 Å². The van der Waals surface area contributed by atoms with E-state index in [1.807, 2.05) is 19.1 Å². The van der Waals surface area contributed by atoms with Gasteiger partial charge < -0.3 is 0 Å². The molecule has 5 heteroatoms. The van der Waals surface area contributed by atoms with E-state index in [4.69, 9.17) is 11.6 Å². The standard InChI is InChI=1S/C12H10ClN3O/c1-8-2-4-9(5-3-8)11(17)16-12-14-6-10(13)7-15-12/h2-7H,1H3,(H,14,15,16,17). The third-order valence-electron chi connectivity index (χ3n) is 2.16. The smallest absolute Gasteiger partial charge is 0.258 e. The number of rotatable bonds is 2. The molecule has 0 unspecified atom stereocenters. The number of carbonyl (C=O) groups excluding carboxylic acids is 1. The largest absolute Gasteiger partial charge is 0.290 e. The third kappa shape index (κ3) is 3.01. The summed E-state index contributed by atoms with van der Waals surface area (Å²) in [6.07, 6.45) is 2.86. The Balaban J connectivity index is 2.11. The van der Waals surface area contributed by atoms with Gasteiger partial charge in [-0.25, -0.2) is 9.97 Å². The molecular formula is C12H10ClN3O. The van der Waals surface area contributed by atoms with Gasteiger partial charge in [0, 0.05) is 5.56 Å². The summed E-state index contributed by atoms with van der Waals surface area (Å²) in [6.45, 7) is 1.96. The number of hydrogen-bond donors (Lipinski definition) is 1. The van der Waals surface area contributed by atoms with Crippen molar-refractivity contribution in [2.24, 2.45) is 0 Å². The minimum Gasteiger partial charge on any atom is -0.290 e. The van der Waals surface area contributed by atoms with E-state index in [-0.39, 0.29) is 11.9 Å². The zero-order valence-corrected chi connectivity index (χ0v) is 9.90. The van der Waals surface area contributed by atoms with Gasteiger partial charge in [0.15, 0.2) is 0 Å². The summed E-state index contributed by atoms with van der Waals surface area (Å²) < 4.78 is 0. The second-order valence-corrected chi connectivity index (χ2v) is 3.98. The van der Waals surface area contributed by atoms with E-state index in [1.165, 1.54) is 12.4 Å². The molecule has 0 radical (unpaired) electrons. The molecule has 0 aliphatic rings. The number of halogens is 1. The van der Waals surface area contributed by atoms with Gasteiger partial charge in [-0.05, 0) is 19.1 Å². The Morgan fingerprint density at radius 1 is 1.18 bits per heavy atom. The first-order chi connectivity index (χ1) is 8.15. The number of nitrogens with one attached hydrogen (secondary N) is 1. The van der Waals surface area contributed by atoms with Crippen LogP contribution in [0.2, 0.25) is 5.02 Å². The predicted molar refractivity (Wildman–Crippen MR) is 66.2 cm³/mol. The van der Waals surface area contributed by atoms with Crippen LogP contribution in [0.3, 0.4) is 0 Å². The first-order valence-corrected chi connectivity index (χ1v) is 5.38. The summed E-state index contributed by atoms with van der Waals surface area (Å²) >= 11 is 5.64. The zero-order valence-electron chi connectivity index (χ0n) is 9.14. The molecule has 1 aromatic heterocycles. The Kier molecular flexibility index (Phi) is 3.35. The highest BCUT2D eigenvalue weighted by molar-refractivity contribution is 6.30. The lowest BCUT2D eigenvalue weighted by Crippen LogP contribution is -2.13. The van der Waals surface area contributed by atoms with E-state index in [0.717, 1.165) is 5.56 Å². The monoisotopic (exact) mass is 247 g/mol. The van der Waals surface area contributed by atoms with Gasteiger partial charge >= 0.3 is 0 Å². The summed E-state index contributed by atoms with van der Waals surface area (Å²) in [5.74, 6) is -0.00713. The van der Waals surface area contributed by atoms with Crippen molar-refractivity contribution in [3.05, 3.63) is 52.8 Å². The first-order valence-electron chi connectivity index (χ1n) is 5.01. The minimum absolute atomic E-state index is 0.236. The van der Waals surface area contributed by atoms with E-state index in [1.54, 1.807) is 12.1 Å². The molecule has 1 aromatic carbocycles. The number of benzene rings is 1. The predicted octanol–water partition coefficient (Wildman–Crippen LogP) is 2.69. The number of anilines is 1. The molecule has 0 saturated carbocycles. The Hall–Kier alpha value is -1.94. The van der Waals surface area contributed by atoms with Gasteiger partial charge in [-0.15, -0.1) is 0 Å². The van der Waals surface area contributed by atoms with Gasteiger partial charge in [0.25, 0.3) is 5.91 Å². The summed E-state index contributed by atoms with van der Waals surface area (Å²) in [4.78, 5) is 19.6. The Morgan fingerprint density at radius 3 is 2.35 bits per heavy atom. The molecule has 4 nitrogen and oxygen atoms in total. The van der Waals surface area contributed by atoms with Crippen molar-refractivity contribution in [2.45, 2.75) is 6.92 Å². The van der Waals surface area contributed by atoms with E-state index in [0.29, 0.717) is 10.6 Å². The van der Waals surface area contributed by atoms with Crippen LogP contribution in [-0.4, -0.2) is 15.9 Å². The van der Waals surface area contributed by atoms with Crippen LogP contribution in [0, 0.1) is 6.92 Å². The lowest BCUT2D eigenvalue weighted by atomic mass is 10.1. The SMILES string of the molecule is Cc1ccc(C(=O)Nc2ncc(Cl)cn2)cc1. The third-order valence-corrected chi connectivity index (χ3v) is 2.35. The fourth-order valence-electron chi connectivity index (χ4n) is 1.26. The van der Waals surface area contributed by atoms with Crippen LogP contribution in [0.15, 0.2) is 36.7 Å². The molecule has 0 spiro atoms. The number of aromatic nitrogens is 2. The number of aryl methyl sites for hydroxylation is 1. The molecule has 0 fully saturated rings. The first kappa shape index (κ1) is 11.5. The molecule has 0 bridgehead atoms. The zero-order chi connectivity index (χ0) is 12.3. The van der Waals surface area contributed by atoms with E-state index in [9.17, 15) is 4.79 Å². The number of amides is 1. The molecule has 2 rings (SSSR count). The minimum atomic E-state index is -0.243. The summed E-state index contributed by atoms with van der Waals surface area (Å²) in [7, 11) is 0. The molecule has 0 saturated heterocycles. The average molecular weight is 248 g/mol. The molecule has 1 heterocycles. The maximum Gasteiger partial charge on any atom is 0.258 e. The maximum absolute atomic E-state index is 11.8. The van der Waals surface area contributed by atoms with Crippen LogP contribution in [0.1, 0.15) is 15.9 Å². The summed E-state index contributed by atoms with van der Waals surface area (Å²) in [5, 5.41) is 3.01. The Labute approximate surface area is 104 Å². The molecule has 0 aliphatic carbocycles. The molecule has 0 aliphatic heterocycles. The van der Waals surface area contributed by atoms with Crippen LogP contribution in [0.4, 0.5) is 5.95 Å². The lowest BCUT2D eigenvalue weighted by molar-refractivity contribution is 0.102. The lowest BCUT2D eigenvalue weighted by Gasteiger charge is -2.03. The number of nitrogens with zero attached hydrogens (tertiary/aromatic N) is 2. The van der Waals surface area contributed by atoms with Crippen LogP contribution in [0.25, 0.3) is 0 Å². The van der Waals surface area contributed by atoms with E-state index < -0.39 is 0 Å². The van der Waals surface area contributed by atoms with Crippen LogP contribution in [-0.2, 0) is 0 Å². The van der Waals surface area contributed by atoms with E-state index >= 15 is 0 Å². The fraction of sp³-hybridized carbons (Fsp3) is 0.0833. The fourth-order valence-corrected chi connectivity index (χ4v) is 1.35. The summed E-state index contributed by atoms with van der Waals surface area (Å²) in [5.41, 5.74) is 1.67. The van der Waals surface area contributed by atoms with Gasteiger partial charge in [0.05, 0.1) is 17.4 Å². The highest BCUT2D eigenvalue weighted by atomic mass is 35.5. The molecule has 1 amide bonds. The second-order valence-electron chi connectivity index (χ2n) is 3.55. The van der Waals surface area contributed by atoms with Gasteiger partial charge in [-0.2, -0.15) is 0 Å². The van der Waals surface area contributed by atoms with Crippen molar-refractivity contribution in [1.82, 2.24) is 9.97 Å². The van der Waals surface area contributed by atoms with Crippen molar-refractivity contribution >= 4 is 23.5 Å². The van der Waals surface area contributed by atoms with Crippen LogP contribution in [0.5, 0.6) is 0 Å². The van der Waals surface area contributed by atoms with Crippen molar-refractivity contribution in [3.63, 3.8) is 0 Å². The molecule has 86 valence electrons. The average Bonchev–Trinajstić information content (AvgIpc) is 2.33. The molecule has 0 atom stereocenters. The van der Waals surface area contributed by atoms with Crippen LogP contribution >= 0.6 is 11.6 Å². The highest BCUT2D eigenvalue weighted by Gasteiger charge is 2.06. The molecule has 2 aromatic rings. The van der Waals surface area contributed by atoms with Crippen LogP contribution < -0.4 is 5.32 Å². The maximum atomic E-state index is 11.8. The van der Waals surface area contributed by atoms with Gasteiger partial charge in [0.2, 0.25) is 5.95 Å². The molecule has 17 heavy (non-hydrogen) atoms. The van der Waals surface area contributed by atoms with Crippen molar-refractivity contribution in [2.75, 3.05) is 5.32 Å². The normalized spacial score (nSPS) is 10.0. The quantitative estimate of drug-likeness (QED) is 0.888. The van der Waals surface area contributed by atoms with Crippen molar-refractivity contribution in [1.29, 1.82) is 0 Å². The molecular weight excluding hydrogens is 238 g/mol. The second kappa shape index (κ2) is 4.93.